The number of esters is 1. The second-order valence-corrected chi connectivity index (χ2v) is 6.47. The largest absolute Gasteiger partial charge is 0.481 e. The Hall–Kier alpha value is -1.06. The molecule has 0 aromatic carbocycles. The molecule has 23 heavy (non-hydrogen) atoms. The number of rotatable bonds is 16. The normalized spacial score (nSPS) is 12.1. The van der Waals surface area contributed by atoms with Crippen molar-refractivity contribution in [3.63, 3.8) is 0 Å². The minimum atomic E-state index is -0.805. The number of hydrogen-bond donors (Lipinski definition) is 1. The van der Waals surface area contributed by atoms with Crippen LogP contribution in [-0.2, 0) is 14.3 Å². The highest BCUT2D eigenvalue weighted by molar-refractivity contribution is 5.69. The van der Waals surface area contributed by atoms with E-state index in [0.717, 1.165) is 6.42 Å². The Kier molecular flexibility index (Phi) is 15.1. The maximum atomic E-state index is 11.6. The second-order valence-electron chi connectivity index (χ2n) is 6.47. The second kappa shape index (κ2) is 15.8. The molecule has 1 unspecified atom stereocenters. The molecular weight excluding hydrogens is 292 g/mol. The maximum Gasteiger partial charge on any atom is 0.305 e. The summed E-state index contributed by atoms with van der Waals surface area (Å²) in [6.45, 7) is 4.95. The van der Waals surface area contributed by atoms with Crippen molar-refractivity contribution in [2.24, 2.45) is 5.92 Å². The molecule has 4 nitrogen and oxygen atoms in total. The molecule has 136 valence electrons. The van der Waals surface area contributed by atoms with Gasteiger partial charge in [-0.05, 0) is 25.2 Å². The smallest absolute Gasteiger partial charge is 0.305 e. The molecule has 0 rings (SSSR count). The predicted octanol–water partition coefficient (Wildman–Crippen LogP) is 5.34. The molecule has 0 spiro atoms. The van der Waals surface area contributed by atoms with Gasteiger partial charge in [-0.3, -0.25) is 9.59 Å². The Labute approximate surface area is 142 Å². The van der Waals surface area contributed by atoms with Gasteiger partial charge in [0.25, 0.3) is 0 Å². The van der Waals surface area contributed by atoms with E-state index >= 15 is 0 Å². The topological polar surface area (TPSA) is 63.6 Å². The fraction of sp³-hybridized carbons (Fsp3) is 0.895. The monoisotopic (exact) mass is 328 g/mol. The average molecular weight is 328 g/mol. The quantitative estimate of drug-likeness (QED) is 0.307. The van der Waals surface area contributed by atoms with Gasteiger partial charge in [-0.1, -0.05) is 65.2 Å². The Balaban J connectivity index is 3.77. The van der Waals surface area contributed by atoms with E-state index in [9.17, 15) is 9.59 Å². The zero-order valence-electron chi connectivity index (χ0n) is 15.1. The molecule has 0 aliphatic rings. The van der Waals surface area contributed by atoms with Crippen molar-refractivity contribution in [1.29, 1.82) is 0 Å². The van der Waals surface area contributed by atoms with Crippen molar-refractivity contribution in [3.8, 4) is 0 Å². The predicted molar refractivity (Wildman–Crippen MR) is 93.5 cm³/mol. The molecule has 0 aromatic rings. The molecule has 1 atom stereocenters. The van der Waals surface area contributed by atoms with Crippen LogP contribution < -0.4 is 0 Å². The standard InChI is InChI=1S/C19H36O4/c1-3-5-7-8-12-17(11-6-4-2)15-16-23-19(22)14-10-9-13-18(20)21/h17H,3-16H2,1-2H3,(H,20,21). The van der Waals surface area contributed by atoms with Crippen LogP contribution in [0.5, 0.6) is 0 Å². The lowest BCUT2D eigenvalue weighted by molar-refractivity contribution is -0.144. The van der Waals surface area contributed by atoms with Gasteiger partial charge >= 0.3 is 11.9 Å². The Morgan fingerprint density at radius 1 is 0.826 bits per heavy atom. The summed E-state index contributed by atoms with van der Waals surface area (Å²) in [7, 11) is 0. The summed E-state index contributed by atoms with van der Waals surface area (Å²) >= 11 is 0. The minimum absolute atomic E-state index is 0.129. The third-order valence-electron chi connectivity index (χ3n) is 4.24. The molecule has 1 N–H and O–H groups in total. The van der Waals surface area contributed by atoms with Gasteiger partial charge in [0, 0.05) is 12.8 Å². The number of unbranched alkanes of at least 4 members (excludes halogenated alkanes) is 5. The Bertz CT molecular complexity index is 302. The average Bonchev–Trinajstić information content (AvgIpc) is 2.52. The summed E-state index contributed by atoms with van der Waals surface area (Å²) in [5, 5.41) is 8.54. The molecule has 0 amide bonds. The Morgan fingerprint density at radius 2 is 1.48 bits per heavy atom. The van der Waals surface area contributed by atoms with Crippen molar-refractivity contribution in [2.75, 3.05) is 6.61 Å². The molecule has 0 bridgehead atoms. The van der Waals surface area contributed by atoms with E-state index < -0.39 is 5.97 Å². The molecular formula is C19H36O4. The van der Waals surface area contributed by atoms with Crippen molar-refractivity contribution in [3.05, 3.63) is 0 Å². The van der Waals surface area contributed by atoms with Gasteiger partial charge in [0.05, 0.1) is 6.61 Å². The van der Waals surface area contributed by atoms with Crippen LogP contribution in [0.25, 0.3) is 0 Å². The van der Waals surface area contributed by atoms with E-state index in [4.69, 9.17) is 9.84 Å². The van der Waals surface area contributed by atoms with Crippen LogP contribution in [-0.4, -0.2) is 23.7 Å². The van der Waals surface area contributed by atoms with Gasteiger partial charge in [0.15, 0.2) is 0 Å². The number of carbonyl (C=O) groups excluding carboxylic acids is 1. The number of carboxylic acids is 1. The zero-order chi connectivity index (χ0) is 17.3. The molecule has 0 saturated carbocycles. The van der Waals surface area contributed by atoms with E-state index in [1.165, 1.54) is 51.4 Å². The van der Waals surface area contributed by atoms with Gasteiger partial charge in [-0.2, -0.15) is 0 Å². The minimum Gasteiger partial charge on any atom is -0.481 e. The van der Waals surface area contributed by atoms with E-state index in [2.05, 4.69) is 13.8 Å². The van der Waals surface area contributed by atoms with Crippen LogP contribution in [0, 0.1) is 5.92 Å². The molecule has 0 fully saturated rings. The lowest BCUT2D eigenvalue weighted by Gasteiger charge is -2.16. The van der Waals surface area contributed by atoms with Gasteiger partial charge in [0.2, 0.25) is 0 Å². The van der Waals surface area contributed by atoms with E-state index in [1.54, 1.807) is 0 Å². The SMILES string of the molecule is CCCCCCC(CCCC)CCOC(=O)CCCCC(=O)O. The van der Waals surface area contributed by atoms with Crippen molar-refractivity contribution in [1.82, 2.24) is 0 Å². The molecule has 0 aromatic heterocycles. The Morgan fingerprint density at radius 3 is 2.13 bits per heavy atom. The number of ether oxygens (including phenoxy) is 1. The van der Waals surface area contributed by atoms with Crippen LogP contribution in [0.4, 0.5) is 0 Å². The lowest BCUT2D eigenvalue weighted by atomic mass is 9.92. The molecule has 0 radical (unpaired) electrons. The molecule has 0 heterocycles. The first-order chi connectivity index (χ1) is 11.1. The summed E-state index contributed by atoms with van der Waals surface area (Å²) in [6, 6.07) is 0. The first-order valence-corrected chi connectivity index (χ1v) is 9.47. The van der Waals surface area contributed by atoms with Crippen molar-refractivity contribution >= 4 is 11.9 Å². The number of aliphatic carboxylic acids is 1. The summed E-state index contributed by atoms with van der Waals surface area (Å²) in [5.41, 5.74) is 0. The highest BCUT2D eigenvalue weighted by Crippen LogP contribution is 2.21. The summed E-state index contributed by atoms with van der Waals surface area (Å²) < 4.78 is 5.30. The van der Waals surface area contributed by atoms with Crippen LogP contribution in [0.15, 0.2) is 0 Å². The fourth-order valence-electron chi connectivity index (χ4n) is 2.74. The highest BCUT2D eigenvalue weighted by Gasteiger charge is 2.10. The molecule has 4 heteroatoms. The molecule has 0 aliphatic carbocycles. The van der Waals surface area contributed by atoms with Crippen LogP contribution in [0.2, 0.25) is 0 Å². The number of carbonyl (C=O) groups is 2. The van der Waals surface area contributed by atoms with Gasteiger partial charge < -0.3 is 9.84 Å². The first-order valence-electron chi connectivity index (χ1n) is 9.47. The highest BCUT2D eigenvalue weighted by atomic mass is 16.5. The van der Waals surface area contributed by atoms with Crippen LogP contribution >= 0.6 is 0 Å². The number of carboxylic acid groups (broad SMARTS) is 1. The van der Waals surface area contributed by atoms with Gasteiger partial charge in [0.1, 0.15) is 0 Å². The van der Waals surface area contributed by atoms with Crippen molar-refractivity contribution < 1.29 is 19.4 Å². The van der Waals surface area contributed by atoms with Gasteiger partial charge in [-0.25, -0.2) is 0 Å². The molecule has 0 aliphatic heterocycles. The fourth-order valence-corrected chi connectivity index (χ4v) is 2.74. The van der Waals surface area contributed by atoms with Crippen LogP contribution in [0.1, 0.15) is 97.3 Å². The summed E-state index contributed by atoms with van der Waals surface area (Å²) in [4.78, 5) is 22.0. The van der Waals surface area contributed by atoms with Gasteiger partial charge in [-0.15, -0.1) is 0 Å². The number of hydrogen-bond acceptors (Lipinski definition) is 3. The zero-order valence-corrected chi connectivity index (χ0v) is 15.1. The van der Waals surface area contributed by atoms with Crippen LogP contribution in [0.3, 0.4) is 0 Å². The molecule has 0 saturated heterocycles. The van der Waals surface area contributed by atoms with Crippen molar-refractivity contribution in [2.45, 2.75) is 97.3 Å². The third-order valence-corrected chi connectivity index (χ3v) is 4.24. The lowest BCUT2D eigenvalue weighted by Crippen LogP contribution is -2.10. The third kappa shape index (κ3) is 15.6. The van der Waals surface area contributed by atoms with E-state index in [-0.39, 0.29) is 12.4 Å². The van der Waals surface area contributed by atoms with E-state index in [1.807, 2.05) is 0 Å². The van der Waals surface area contributed by atoms with E-state index in [0.29, 0.717) is 31.8 Å². The first kappa shape index (κ1) is 21.9. The maximum absolute atomic E-state index is 11.6. The summed E-state index contributed by atoms with van der Waals surface area (Å²) in [5.74, 6) is -0.317. The summed E-state index contributed by atoms with van der Waals surface area (Å²) in [6.07, 6.45) is 12.7.